The maximum atomic E-state index is 12.7. The second kappa shape index (κ2) is 5.04. The standard InChI is InChI=1S/C15H24N2O2S/c1-11(15(2,3)4)17(5)20(18,19)13-6-7-14-12(10-13)8-9-16-14/h6-7,10-11,16H,8-9H2,1-5H3. The third-order valence-corrected chi connectivity index (χ3v) is 6.19. The topological polar surface area (TPSA) is 49.4 Å². The van der Waals surface area contributed by atoms with Crippen molar-refractivity contribution in [3.8, 4) is 0 Å². The predicted molar refractivity (Wildman–Crippen MR) is 82.5 cm³/mol. The normalized spacial score (nSPS) is 16.9. The Kier molecular flexibility index (Phi) is 3.86. The number of hydrogen-bond acceptors (Lipinski definition) is 3. The van der Waals surface area contributed by atoms with Crippen LogP contribution in [0.5, 0.6) is 0 Å². The first-order valence-corrected chi connectivity index (χ1v) is 8.43. The van der Waals surface area contributed by atoms with Crippen LogP contribution in [0.1, 0.15) is 33.3 Å². The molecule has 5 heteroatoms. The molecule has 2 rings (SSSR count). The van der Waals surface area contributed by atoms with Gasteiger partial charge in [0, 0.05) is 25.3 Å². The van der Waals surface area contributed by atoms with Gasteiger partial charge >= 0.3 is 0 Å². The summed E-state index contributed by atoms with van der Waals surface area (Å²) in [6.07, 6.45) is 0.886. The minimum Gasteiger partial charge on any atom is -0.384 e. The van der Waals surface area contributed by atoms with E-state index in [1.165, 1.54) is 4.31 Å². The smallest absolute Gasteiger partial charge is 0.243 e. The zero-order valence-electron chi connectivity index (χ0n) is 12.9. The fourth-order valence-electron chi connectivity index (χ4n) is 2.36. The number of hydrogen-bond donors (Lipinski definition) is 1. The van der Waals surface area contributed by atoms with Crippen LogP contribution in [-0.2, 0) is 16.4 Å². The first-order chi connectivity index (χ1) is 9.14. The van der Waals surface area contributed by atoms with Crippen LogP contribution in [0.4, 0.5) is 5.69 Å². The van der Waals surface area contributed by atoms with Gasteiger partial charge in [-0.3, -0.25) is 0 Å². The van der Waals surface area contributed by atoms with Crippen molar-refractivity contribution in [3.63, 3.8) is 0 Å². The summed E-state index contributed by atoms with van der Waals surface area (Å²) in [5.74, 6) is 0. The van der Waals surface area contributed by atoms with E-state index in [4.69, 9.17) is 0 Å². The van der Waals surface area contributed by atoms with Gasteiger partial charge in [0.25, 0.3) is 0 Å². The van der Waals surface area contributed by atoms with Gasteiger partial charge in [-0.25, -0.2) is 8.42 Å². The van der Waals surface area contributed by atoms with Crippen molar-refractivity contribution in [2.75, 3.05) is 18.9 Å². The van der Waals surface area contributed by atoms with E-state index in [0.29, 0.717) is 4.90 Å². The second-order valence-electron chi connectivity index (χ2n) is 6.56. The number of fused-ring (bicyclic) bond motifs is 1. The quantitative estimate of drug-likeness (QED) is 0.933. The fourth-order valence-corrected chi connectivity index (χ4v) is 3.96. The first-order valence-electron chi connectivity index (χ1n) is 6.99. The van der Waals surface area contributed by atoms with E-state index in [0.717, 1.165) is 24.2 Å². The molecule has 0 aromatic heterocycles. The third-order valence-electron chi connectivity index (χ3n) is 4.26. The molecule has 20 heavy (non-hydrogen) atoms. The summed E-state index contributed by atoms with van der Waals surface area (Å²) in [6.45, 7) is 8.99. The Morgan fingerprint density at radius 1 is 1.30 bits per heavy atom. The molecule has 1 heterocycles. The Morgan fingerprint density at radius 3 is 2.55 bits per heavy atom. The van der Waals surface area contributed by atoms with Crippen molar-refractivity contribution in [2.24, 2.45) is 5.41 Å². The van der Waals surface area contributed by atoms with E-state index < -0.39 is 10.0 Å². The van der Waals surface area contributed by atoms with Crippen molar-refractivity contribution < 1.29 is 8.42 Å². The Bertz CT molecular complexity index is 603. The summed E-state index contributed by atoms with van der Waals surface area (Å²) >= 11 is 0. The van der Waals surface area contributed by atoms with Crippen molar-refractivity contribution in [1.82, 2.24) is 4.31 Å². The zero-order chi connectivity index (χ0) is 15.1. The second-order valence-corrected chi connectivity index (χ2v) is 8.56. The summed E-state index contributed by atoms with van der Waals surface area (Å²) in [4.78, 5) is 0.388. The van der Waals surface area contributed by atoms with Gasteiger partial charge in [0.05, 0.1) is 4.90 Å². The summed E-state index contributed by atoms with van der Waals surface area (Å²) in [6, 6.07) is 5.29. The molecule has 0 radical (unpaired) electrons. The van der Waals surface area contributed by atoms with Crippen LogP contribution in [-0.4, -0.2) is 32.4 Å². The molecule has 0 bridgehead atoms. The Labute approximate surface area is 122 Å². The molecule has 1 aliphatic heterocycles. The molecule has 0 aliphatic carbocycles. The van der Waals surface area contributed by atoms with Gasteiger partial charge in [-0.05, 0) is 42.5 Å². The third kappa shape index (κ3) is 2.69. The van der Waals surface area contributed by atoms with E-state index in [9.17, 15) is 8.42 Å². The van der Waals surface area contributed by atoms with Crippen LogP contribution in [0.15, 0.2) is 23.1 Å². The average molecular weight is 296 g/mol. The predicted octanol–water partition coefficient (Wildman–Crippen LogP) is 2.71. The number of anilines is 1. The molecule has 1 atom stereocenters. The molecule has 0 spiro atoms. The highest BCUT2D eigenvalue weighted by Gasteiger charge is 2.32. The zero-order valence-corrected chi connectivity index (χ0v) is 13.7. The minimum atomic E-state index is -3.44. The molecule has 0 saturated heterocycles. The van der Waals surface area contributed by atoms with E-state index >= 15 is 0 Å². The summed E-state index contributed by atoms with van der Waals surface area (Å²) < 4.78 is 26.9. The van der Waals surface area contributed by atoms with Crippen LogP contribution >= 0.6 is 0 Å². The largest absolute Gasteiger partial charge is 0.384 e. The minimum absolute atomic E-state index is 0.0705. The molecule has 1 unspecified atom stereocenters. The lowest BCUT2D eigenvalue weighted by atomic mass is 9.88. The summed E-state index contributed by atoms with van der Waals surface area (Å²) in [5, 5.41) is 3.25. The highest BCUT2D eigenvalue weighted by Crippen LogP contribution is 2.30. The molecule has 1 N–H and O–H groups in total. The number of nitrogens with zero attached hydrogens (tertiary/aromatic N) is 1. The van der Waals surface area contributed by atoms with Gasteiger partial charge in [-0.1, -0.05) is 20.8 Å². The van der Waals surface area contributed by atoms with E-state index in [2.05, 4.69) is 26.1 Å². The molecule has 1 aromatic carbocycles. The van der Waals surface area contributed by atoms with E-state index in [-0.39, 0.29) is 11.5 Å². The van der Waals surface area contributed by atoms with Crippen molar-refractivity contribution in [1.29, 1.82) is 0 Å². The lowest BCUT2D eigenvalue weighted by molar-refractivity contribution is 0.216. The highest BCUT2D eigenvalue weighted by molar-refractivity contribution is 7.89. The fraction of sp³-hybridized carbons (Fsp3) is 0.600. The highest BCUT2D eigenvalue weighted by atomic mass is 32.2. The van der Waals surface area contributed by atoms with Gasteiger partial charge in [-0.15, -0.1) is 0 Å². The summed E-state index contributed by atoms with van der Waals surface area (Å²) in [7, 11) is -1.77. The molecule has 112 valence electrons. The lowest BCUT2D eigenvalue weighted by Crippen LogP contribution is -2.42. The SMILES string of the molecule is CC(N(C)S(=O)(=O)c1ccc2c(c1)CCN2)C(C)(C)C. The molecule has 0 fully saturated rings. The van der Waals surface area contributed by atoms with Gasteiger partial charge < -0.3 is 5.32 Å². The molecule has 1 aliphatic rings. The van der Waals surface area contributed by atoms with Gasteiger partial charge in [-0.2, -0.15) is 4.31 Å². The number of sulfonamides is 1. The van der Waals surface area contributed by atoms with Crippen LogP contribution in [0, 0.1) is 5.41 Å². The molecule has 0 amide bonds. The monoisotopic (exact) mass is 296 g/mol. The Morgan fingerprint density at radius 2 is 1.95 bits per heavy atom. The maximum absolute atomic E-state index is 12.7. The van der Waals surface area contributed by atoms with E-state index in [1.54, 1.807) is 19.2 Å². The van der Waals surface area contributed by atoms with Crippen molar-refractivity contribution in [2.45, 2.75) is 45.1 Å². The Hall–Kier alpha value is -1.07. The van der Waals surface area contributed by atoms with Crippen LogP contribution in [0.3, 0.4) is 0 Å². The van der Waals surface area contributed by atoms with Crippen LogP contribution in [0.25, 0.3) is 0 Å². The number of benzene rings is 1. The van der Waals surface area contributed by atoms with Crippen LogP contribution in [0.2, 0.25) is 0 Å². The molecular formula is C15H24N2O2S. The lowest BCUT2D eigenvalue weighted by Gasteiger charge is -2.34. The maximum Gasteiger partial charge on any atom is 0.243 e. The average Bonchev–Trinajstić information content (AvgIpc) is 2.82. The summed E-state index contributed by atoms with van der Waals surface area (Å²) in [5.41, 5.74) is 2.04. The van der Waals surface area contributed by atoms with Gasteiger partial charge in [0.1, 0.15) is 0 Å². The molecule has 1 aromatic rings. The number of nitrogens with one attached hydrogen (secondary N) is 1. The number of rotatable bonds is 3. The molecule has 4 nitrogen and oxygen atoms in total. The van der Waals surface area contributed by atoms with Crippen LogP contribution < -0.4 is 5.32 Å². The van der Waals surface area contributed by atoms with Crippen molar-refractivity contribution >= 4 is 15.7 Å². The van der Waals surface area contributed by atoms with Crippen molar-refractivity contribution in [3.05, 3.63) is 23.8 Å². The molecular weight excluding hydrogens is 272 g/mol. The van der Waals surface area contributed by atoms with Gasteiger partial charge in [0.2, 0.25) is 10.0 Å². The van der Waals surface area contributed by atoms with E-state index in [1.807, 2.05) is 13.0 Å². The molecule has 0 saturated carbocycles. The first kappa shape index (κ1) is 15.3. The van der Waals surface area contributed by atoms with Gasteiger partial charge in [0.15, 0.2) is 0 Å². The Balaban J connectivity index is 2.35.